The van der Waals surface area contributed by atoms with Crippen LogP contribution >= 0.6 is 11.8 Å². The van der Waals surface area contributed by atoms with E-state index in [-0.39, 0.29) is 11.6 Å². The van der Waals surface area contributed by atoms with Gasteiger partial charge in [0.1, 0.15) is 11.5 Å². The van der Waals surface area contributed by atoms with Crippen LogP contribution in [-0.2, 0) is 10.5 Å². The van der Waals surface area contributed by atoms with Gasteiger partial charge in [-0.25, -0.2) is 0 Å². The van der Waals surface area contributed by atoms with Gasteiger partial charge in [-0.1, -0.05) is 48.5 Å². The summed E-state index contributed by atoms with van der Waals surface area (Å²) in [6.07, 6.45) is 3.02. The third-order valence-electron chi connectivity index (χ3n) is 5.07. The Hall–Kier alpha value is -4.03. The molecule has 0 saturated carbocycles. The molecule has 0 saturated heterocycles. The highest BCUT2D eigenvalue weighted by Crippen LogP contribution is 2.23. The maximum atomic E-state index is 13.0. The molecule has 5 nitrogen and oxygen atoms in total. The number of thioether (sulfide) groups is 1. The molecule has 0 spiro atoms. The summed E-state index contributed by atoms with van der Waals surface area (Å²) in [7, 11) is 0. The lowest BCUT2D eigenvalue weighted by Crippen LogP contribution is -2.31. The number of anilines is 1. The van der Waals surface area contributed by atoms with E-state index >= 15 is 0 Å². The van der Waals surface area contributed by atoms with Crippen LogP contribution in [0.25, 0.3) is 6.08 Å². The van der Waals surface area contributed by atoms with Crippen LogP contribution in [0.2, 0.25) is 0 Å². The van der Waals surface area contributed by atoms with E-state index in [9.17, 15) is 9.59 Å². The smallest absolute Gasteiger partial charge is 0.272 e. The van der Waals surface area contributed by atoms with E-state index in [4.69, 9.17) is 4.42 Å². The normalized spacial score (nSPS) is 11.1. The van der Waals surface area contributed by atoms with Gasteiger partial charge in [0.2, 0.25) is 0 Å². The number of nitrogens with one attached hydrogen (secondary N) is 2. The number of amides is 2. The summed E-state index contributed by atoms with van der Waals surface area (Å²) < 4.78 is 5.34. The molecule has 0 aliphatic carbocycles. The fourth-order valence-electron chi connectivity index (χ4n) is 3.26. The topological polar surface area (TPSA) is 71.3 Å². The molecule has 4 aromatic rings. The number of hydrogen-bond donors (Lipinski definition) is 2. The molecule has 0 bridgehead atoms. The van der Waals surface area contributed by atoms with Gasteiger partial charge in [0.05, 0.1) is 6.26 Å². The fourth-order valence-corrected chi connectivity index (χ4v) is 4.13. The molecule has 0 radical (unpaired) electrons. The lowest BCUT2D eigenvalue weighted by Gasteiger charge is -2.12. The van der Waals surface area contributed by atoms with E-state index in [2.05, 4.69) is 22.8 Å². The first-order valence-electron chi connectivity index (χ1n) is 10.8. The van der Waals surface area contributed by atoms with Gasteiger partial charge < -0.3 is 15.1 Å². The summed E-state index contributed by atoms with van der Waals surface area (Å²) in [5, 5.41) is 5.59. The van der Waals surface area contributed by atoms with Crippen molar-refractivity contribution < 1.29 is 14.0 Å². The standard InChI is InChI=1S/C28H24N2O3S/c1-20-8-5-6-12-25(20)27(31)30-26(18-23-9-7-17-33-23)28(32)29-22-15-13-21(14-16-22)19-34-24-10-3-2-4-11-24/h2-18H,19H2,1H3,(H,29,32)(H,30,31)/b26-18-. The van der Waals surface area contributed by atoms with Gasteiger partial charge in [0.15, 0.2) is 0 Å². The molecule has 4 rings (SSSR count). The average Bonchev–Trinajstić information content (AvgIpc) is 3.37. The van der Waals surface area contributed by atoms with Crippen molar-refractivity contribution in [3.63, 3.8) is 0 Å². The summed E-state index contributed by atoms with van der Waals surface area (Å²) >= 11 is 1.75. The van der Waals surface area contributed by atoms with Crippen molar-refractivity contribution in [1.82, 2.24) is 5.32 Å². The number of hydrogen-bond acceptors (Lipinski definition) is 4. The Morgan fingerprint density at radius 2 is 1.62 bits per heavy atom. The van der Waals surface area contributed by atoms with Crippen molar-refractivity contribution in [2.24, 2.45) is 0 Å². The summed E-state index contributed by atoms with van der Waals surface area (Å²) in [5.74, 6) is 0.488. The molecule has 0 fully saturated rings. The van der Waals surface area contributed by atoms with E-state index in [1.807, 2.05) is 61.5 Å². The van der Waals surface area contributed by atoms with Gasteiger partial charge in [-0.15, -0.1) is 11.8 Å². The highest BCUT2D eigenvalue weighted by molar-refractivity contribution is 7.98. The second-order valence-electron chi connectivity index (χ2n) is 7.60. The number of furan rings is 1. The van der Waals surface area contributed by atoms with E-state index in [0.717, 1.165) is 16.9 Å². The molecular formula is C28H24N2O3S. The second-order valence-corrected chi connectivity index (χ2v) is 8.64. The van der Waals surface area contributed by atoms with E-state index in [0.29, 0.717) is 17.0 Å². The molecule has 1 aromatic heterocycles. The zero-order chi connectivity index (χ0) is 23.8. The molecule has 34 heavy (non-hydrogen) atoms. The van der Waals surface area contributed by atoms with Crippen LogP contribution in [0, 0.1) is 6.92 Å². The Morgan fingerprint density at radius 3 is 2.32 bits per heavy atom. The highest BCUT2D eigenvalue weighted by Gasteiger charge is 2.17. The van der Waals surface area contributed by atoms with Crippen molar-refractivity contribution in [1.29, 1.82) is 0 Å². The predicted molar refractivity (Wildman–Crippen MR) is 136 cm³/mol. The fraction of sp³-hybridized carbons (Fsp3) is 0.0714. The molecule has 3 aromatic carbocycles. The minimum Gasteiger partial charge on any atom is -0.465 e. The van der Waals surface area contributed by atoms with Crippen LogP contribution in [-0.4, -0.2) is 11.8 Å². The zero-order valence-corrected chi connectivity index (χ0v) is 19.5. The largest absolute Gasteiger partial charge is 0.465 e. The van der Waals surface area contributed by atoms with Crippen molar-refractivity contribution in [2.45, 2.75) is 17.6 Å². The molecule has 0 aliphatic heterocycles. The van der Waals surface area contributed by atoms with Crippen molar-refractivity contribution in [3.8, 4) is 0 Å². The third kappa shape index (κ3) is 6.27. The van der Waals surface area contributed by atoms with Crippen LogP contribution < -0.4 is 10.6 Å². The first kappa shape index (κ1) is 23.1. The summed E-state index contributed by atoms with van der Waals surface area (Å²) in [6, 6.07) is 28.5. The Kier molecular flexibility index (Phi) is 7.63. The second kappa shape index (κ2) is 11.2. The molecule has 1 heterocycles. The van der Waals surface area contributed by atoms with Crippen LogP contribution in [0.4, 0.5) is 5.69 Å². The molecule has 0 aliphatic rings. The lowest BCUT2D eigenvalue weighted by molar-refractivity contribution is -0.113. The minimum absolute atomic E-state index is 0.0897. The van der Waals surface area contributed by atoms with Crippen LogP contribution in [0.5, 0.6) is 0 Å². The summed E-state index contributed by atoms with van der Waals surface area (Å²) in [6.45, 7) is 1.85. The Balaban J connectivity index is 1.45. The number of carbonyl (C=O) groups excluding carboxylic acids is 2. The van der Waals surface area contributed by atoms with E-state index < -0.39 is 5.91 Å². The number of rotatable bonds is 8. The Labute approximate surface area is 202 Å². The van der Waals surface area contributed by atoms with Crippen LogP contribution in [0.15, 0.2) is 112 Å². The Morgan fingerprint density at radius 1 is 0.882 bits per heavy atom. The minimum atomic E-state index is -0.440. The zero-order valence-electron chi connectivity index (χ0n) is 18.7. The van der Waals surface area contributed by atoms with Gasteiger partial charge >= 0.3 is 0 Å². The van der Waals surface area contributed by atoms with E-state index in [1.165, 1.54) is 17.2 Å². The van der Waals surface area contributed by atoms with Crippen LogP contribution in [0.3, 0.4) is 0 Å². The molecule has 0 unspecified atom stereocenters. The summed E-state index contributed by atoms with van der Waals surface area (Å²) in [5.41, 5.74) is 3.19. The molecule has 6 heteroatoms. The van der Waals surface area contributed by atoms with Gasteiger partial charge in [-0.2, -0.15) is 0 Å². The maximum Gasteiger partial charge on any atom is 0.272 e. The van der Waals surface area contributed by atoms with Crippen molar-refractivity contribution >= 4 is 35.3 Å². The van der Waals surface area contributed by atoms with Gasteiger partial charge in [-0.3, -0.25) is 9.59 Å². The number of benzene rings is 3. The van der Waals surface area contributed by atoms with Gasteiger partial charge in [-0.05, 0) is 60.5 Å². The van der Waals surface area contributed by atoms with E-state index in [1.54, 1.807) is 36.0 Å². The molecule has 0 atom stereocenters. The SMILES string of the molecule is Cc1ccccc1C(=O)N/C(=C\c1ccco1)C(=O)Nc1ccc(CSc2ccccc2)cc1. The van der Waals surface area contributed by atoms with Gasteiger partial charge in [0, 0.05) is 28.0 Å². The summed E-state index contributed by atoms with van der Waals surface area (Å²) in [4.78, 5) is 27.1. The molecular weight excluding hydrogens is 444 g/mol. The van der Waals surface area contributed by atoms with Crippen LogP contribution in [0.1, 0.15) is 27.2 Å². The predicted octanol–water partition coefficient (Wildman–Crippen LogP) is 6.29. The number of aryl methyl sites for hydroxylation is 1. The average molecular weight is 469 g/mol. The molecule has 2 amide bonds. The molecule has 2 N–H and O–H groups in total. The highest BCUT2D eigenvalue weighted by atomic mass is 32.2. The van der Waals surface area contributed by atoms with Crippen molar-refractivity contribution in [2.75, 3.05) is 5.32 Å². The Bertz CT molecular complexity index is 1280. The first-order valence-corrected chi connectivity index (χ1v) is 11.8. The first-order chi connectivity index (χ1) is 16.6. The third-order valence-corrected chi connectivity index (χ3v) is 6.16. The van der Waals surface area contributed by atoms with Gasteiger partial charge in [0.25, 0.3) is 11.8 Å². The quantitative estimate of drug-likeness (QED) is 0.235. The van der Waals surface area contributed by atoms with Crippen molar-refractivity contribution in [3.05, 3.63) is 125 Å². The number of carbonyl (C=O) groups is 2. The maximum absolute atomic E-state index is 13.0. The lowest BCUT2D eigenvalue weighted by atomic mass is 10.1. The molecule has 170 valence electrons. The monoisotopic (exact) mass is 468 g/mol.